The number of nitriles is 1. The van der Waals surface area contributed by atoms with Gasteiger partial charge in [-0.3, -0.25) is 4.79 Å². The van der Waals surface area contributed by atoms with Crippen LogP contribution in [0.15, 0.2) is 12.1 Å². The molecule has 0 unspecified atom stereocenters. The first kappa shape index (κ1) is 12.5. The third-order valence-corrected chi connectivity index (χ3v) is 2.84. The van der Waals surface area contributed by atoms with E-state index in [1.807, 2.05) is 0 Å². The molecule has 6 heteroatoms. The Morgan fingerprint density at radius 2 is 2.06 bits per heavy atom. The van der Waals surface area contributed by atoms with Gasteiger partial charge in [0.1, 0.15) is 17.2 Å². The van der Waals surface area contributed by atoms with Crippen molar-refractivity contribution < 1.29 is 18.7 Å². The van der Waals surface area contributed by atoms with E-state index in [4.69, 9.17) is 5.26 Å². The smallest absolute Gasteiger partial charge is 0.259 e. The molecule has 1 aromatic rings. The molecule has 94 valence electrons. The molecule has 4 nitrogen and oxygen atoms in total. The number of aliphatic hydroxyl groups excluding tert-OH is 1. The Morgan fingerprint density at radius 1 is 1.44 bits per heavy atom. The van der Waals surface area contributed by atoms with E-state index < -0.39 is 29.2 Å². The molecular formula is C12H10F2N2O2. The van der Waals surface area contributed by atoms with Crippen LogP contribution >= 0.6 is 0 Å². The van der Waals surface area contributed by atoms with Crippen molar-refractivity contribution in [1.82, 2.24) is 4.90 Å². The molecule has 1 aliphatic heterocycles. The summed E-state index contributed by atoms with van der Waals surface area (Å²) < 4.78 is 27.2. The van der Waals surface area contributed by atoms with Crippen molar-refractivity contribution in [3.05, 3.63) is 34.9 Å². The average molecular weight is 252 g/mol. The molecule has 1 fully saturated rings. The highest BCUT2D eigenvalue weighted by Crippen LogP contribution is 2.20. The summed E-state index contributed by atoms with van der Waals surface area (Å²) in [6.45, 7) is 0.330. The van der Waals surface area contributed by atoms with Gasteiger partial charge in [-0.25, -0.2) is 8.78 Å². The van der Waals surface area contributed by atoms with Crippen molar-refractivity contribution in [3.8, 4) is 6.07 Å². The largest absolute Gasteiger partial charge is 0.391 e. The fourth-order valence-electron chi connectivity index (χ4n) is 1.93. The highest BCUT2D eigenvalue weighted by atomic mass is 19.1. The lowest BCUT2D eigenvalue weighted by atomic mass is 10.1. The lowest BCUT2D eigenvalue weighted by Gasteiger charge is -2.16. The highest BCUT2D eigenvalue weighted by Gasteiger charge is 2.29. The zero-order valence-electron chi connectivity index (χ0n) is 9.36. The van der Waals surface area contributed by atoms with Crippen molar-refractivity contribution in [2.75, 3.05) is 13.1 Å². The van der Waals surface area contributed by atoms with Gasteiger partial charge in [0.2, 0.25) is 0 Å². The van der Waals surface area contributed by atoms with Gasteiger partial charge in [0.15, 0.2) is 0 Å². The van der Waals surface area contributed by atoms with Gasteiger partial charge in [-0.15, -0.1) is 0 Å². The van der Waals surface area contributed by atoms with Crippen LogP contribution in [0.2, 0.25) is 0 Å². The molecule has 18 heavy (non-hydrogen) atoms. The van der Waals surface area contributed by atoms with Crippen LogP contribution in [0.1, 0.15) is 22.3 Å². The van der Waals surface area contributed by atoms with Crippen molar-refractivity contribution in [2.45, 2.75) is 12.5 Å². The van der Waals surface area contributed by atoms with Crippen LogP contribution in [0.25, 0.3) is 0 Å². The molecule has 0 aromatic heterocycles. The second-order valence-electron chi connectivity index (χ2n) is 4.12. The van der Waals surface area contributed by atoms with Crippen LogP contribution in [0.3, 0.4) is 0 Å². The Hall–Kier alpha value is -2.00. The number of likely N-dealkylation sites (tertiary alicyclic amines) is 1. The number of benzene rings is 1. The predicted molar refractivity (Wildman–Crippen MR) is 57.6 cm³/mol. The van der Waals surface area contributed by atoms with Crippen molar-refractivity contribution in [3.63, 3.8) is 0 Å². The Balaban J connectivity index is 2.34. The van der Waals surface area contributed by atoms with Gasteiger partial charge in [0.05, 0.1) is 17.7 Å². The normalized spacial score (nSPS) is 18.8. The van der Waals surface area contributed by atoms with Crippen LogP contribution in [0, 0.1) is 23.0 Å². The molecule has 1 amide bonds. The number of carbonyl (C=O) groups is 1. The van der Waals surface area contributed by atoms with E-state index in [1.54, 1.807) is 6.07 Å². The van der Waals surface area contributed by atoms with Crippen molar-refractivity contribution >= 4 is 5.91 Å². The maximum Gasteiger partial charge on any atom is 0.259 e. The van der Waals surface area contributed by atoms with Crippen LogP contribution in [-0.4, -0.2) is 35.1 Å². The number of hydrogen-bond acceptors (Lipinski definition) is 3. The molecular weight excluding hydrogens is 242 g/mol. The minimum absolute atomic E-state index is 0.0672. The SMILES string of the molecule is N#Cc1cc(F)c(C(=O)N2CC[C@@H](O)C2)c(F)c1. The predicted octanol–water partition coefficient (Wildman–Crippen LogP) is 1.04. The second-order valence-corrected chi connectivity index (χ2v) is 4.12. The molecule has 1 saturated heterocycles. The van der Waals surface area contributed by atoms with Gasteiger partial charge in [-0.2, -0.15) is 5.26 Å². The van der Waals surface area contributed by atoms with Crippen LogP contribution < -0.4 is 0 Å². The van der Waals surface area contributed by atoms with Gasteiger partial charge in [-0.05, 0) is 18.6 Å². The van der Waals surface area contributed by atoms with E-state index in [-0.39, 0.29) is 18.7 Å². The number of rotatable bonds is 1. The number of nitrogens with zero attached hydrogens (tertiary/aromatic N) is 2. The lowest BCUT2D eigenvalue weighted by molar-refractivity contribution is 0.0755. The monoisotopic (exact) mass is 252 g/mol. The lowest BCUT2D eigenvalue weighted by Crippen LogP contribution is -2.31. The first-order valence-electron chi connectivity index (χ1n) is 5.39. The molecule has 0 bridgehead atoms. The molecule has 0 spiro atoms. The number of halogens is 2. The number of β-amino-alcohol motifs (C(OH)–C–C–N with tert-alkyl or cyclic N) is 1. The zero-order valence-corrected chi connectivity index (χ0v) is 9.36. The first-order valence-corrected chi connectivity index (χ1v) is 5.39. The van der Waals surface area contributed by atoms with E-state index in [9.17, 15) is 18.7 Å². The first-order chi connectivity index (χ1) is 8.52. The summed E-state index contributed by atoms with van der Waals surface area (Å²) >= 11 is 0. The van der Waals surface area contributed by atoms with Gasteiger partial charge in [0, 0.05) is 13.1 Å². The molecule has 1 aromatic carbocycles. The molecule has 0 aliphatic carbocycles. The fraction of sp³-hybridized carbons (Fsp3) is 0.333. The number of amides is 1. The number of carbonyl (C=O) groups excluding carboxylic acids is 1. The maximum atomic E-state index is 13.6. The maximum absolute atomic E-state index is 13.6. The van der Waals surface area contributed by atoms with Crippen LogP contribution in [0.5, 0.6) is 0 Å². The molecule has 1 heterocycles. The van der Waals surface area contributed by atoms with E-state index in [1.165, 1.54) is 4.90 Å². The summed E-state index contributed by atoms with van der Waals surface area (Å²) in [6.07, 6.45) is -0.260. The van der Waals surface area contributed by atoms with E-state index in [0.717, 1.165) is 12.1 Å². The molecule has 1 atom stereocenters. The van der Waals surface area contributed by atoms with E-state index in [2.05, 4.69) is 0 Å². The standard InChI is InChI=1S/C12H10F2N2O2/c13-9-3-7(5-15)4-10(14)11(9)12(18)16-2-1-8(17)6-16/h3-4,8,17H,1-2,6H2/t8-/m1/s1. The third kappa shape index (κ3) is 2.17. The fourth-order valence-corrected chi connectivity index (χ4v) is 1.93. The highest BCUT2D eigenvalue weighted by molar-refractivity contribution is 5.95. The summed E-state index contributed by atoms with van der Waals surface area (Å²) in [7, 11) is 0. The number of aliphatic hydroxyl groups is 1. The van der Waals surface area contributed by atoms with Gasteiger partial charge in [-0.1, -0.05) is 0 Å². The summed E-state index contributed by atoms with van der Waals surface area (Å²) in [5.74, 6) is -2.91. The third-order valence-electron chi connectivity index (χ3n) is 2.84. The topological polar surface area (TPSA) is 64.3 Å². The molecule has 1 N–H and O–H groups in total. The quantitative estimate of drug-likeness (QED) is 0.812. The Morgan fingerprint density at radius 3 is 2.50 bits per heavy atom. The van der Waals surface area contributed by atoms with Crippen molar-refractivity contribution in [2.24, 2.45) is 0 Å². The van der Waals surface area contributed by atoms with E-state index in [0.29, 0.717) is 6.42 Å². The Kier molecular flexibility index (Phi) is 3.26. The van der Waals surface area contributed by atoms with Crippen molar-refractivity contribution in [1.29, 1.82) is 5.26 Å². The molecule has 2 rings (SSSR count). The van der Waals surface area contributed by atoms with Crippen LogP contribution in [-0.2, 0) is 0 Å². The zero-order chi connectivity index (χ0) is 13.3. The van der Waals surface area contributed by atoms with Crippen LogP contribution in [0.4, 0.5) is 8.78 Å². The molecule has 1 aliphatic rings. The average Bonchev–Trinajstić information content (AvgIpc) is 2.74. The Labute approximate surface area is 102 Å². The number of hydrogen-bond donors (Lipinski definition) is 1. The minimum Gasteiger partial charge on any atom is -0.391 e. The van der Waals surface area contributed by atoms with E-state index >= 15 is 0 Å². The second kappa shape index (κ2) is 4.70. The summed E-state index contributed by atoms with van der Waals surface area (Å²) in [4.78, 5) is 13.1. The van der Waals surface area contributed by atoms with Gasteiger partial charge >= 0.3 is 0 Å². The summed E-state index contributed by atoms with van der Waals surface area (Å²) in [5, 5.41) is 17.8. The van der Waals surface area contributed by atoms with Gasteiger partial charge in [0.25, 0.3) is 5.91 Å². The van der Waals surface area contributed by atoms with Gasteiger partial charge < -0.3 is 10.0 Å². The molecule has 0 radical (unpaired) electrons. The summed E-state index contributed by atoms with van der Waals surface area (Å²) in [6, 6.07) is 3.25. The molecule has 0 saturated carbocycles. The Bertz CT molecular complexity index is 516. The summed E-state index contributed by atoms with van der Waals surface area (Å²) in [5.41, 5.74) is -0.855. The minimum atomic E-state index is -1.06.